The molecule has 154 valence electrons. The molecule has 0 unspecified atom stereocenters. The van der Waals surface area contributed by atoms with E-state index in [2.05, 4.69) is 4.90 Å². The van der Waals surface area contributed by atoms with Gasteiger partial charge in [-0.1, -0.05) is 18.2 Å². The van der Waals surface area contributed by atoms with Crippen molar-refractivity contribution in [2.45, 2.75) is 18.0 Å². The largest absolute Gasteiger partial charge is 0.493 e. The molecule has 2 rings (SSSR count). The summed E-state index contributed by atoms with van der Waals surface area (Å²) in [6.45, 7) is 1.17. The van der Waals surface area contributed by atoms with E-state index in [1.54, 1.807) is 39.5 Å². The van der Waals surface area contributed by atoms with Crippen LogP contribution < -0.4 is 14.2 Å². The van der Waals surface area contributed by atoms with E-state index in [9.17, 15) is 8.42 Å². The van der Waals surface area contributed by atoms with Crippen LogP contribution in [0.25, 0.3) is 0 Å². The average molecular weight is 409 g/mol. The number of hydrogen-bond acceptors (Lipinski definition) is 6. The summed E-state index contributed by atoms with van der Waals surface area (Å²) in [7, 11) is 6.30. The van der Waals surface area contributed by atoms with Crippen molar-refractivity contribution >= 4 is 10.0 Å². The molecule has 0 aliphatic heterocycles. The van der Waals surface area contributed by atoms with Crippen molar-refractivity contribution in [3.05, 3.63) is 47.5 Å². The van der Waals surface area contributed by atoms with Gasteiger partial charge >= 0.3 is 0 Å². The average Bonchev–Trinajstić information content (AvgIpc) is 2.67. The van der Waals surface area contributed by atoms with Crippen LogP contribution >= 0.6 is 0 Å². The Morgan fingerprint density at radius 1 is 0.857 bits per heavy atom. The first-order valence-electron chi connectivity index (χ1n) is 8.72. The molecule has 0 aromatic heterocycles. The number of methoxy groups -OCH3 is 3. The highest BCUT2D eigenvalue weighted by Gasteiger charge is 2.19. The molecule has 0 heterocycles. The Morgan fingerprint density at radius 2 is 1.54 bits per heavy atom. The molecule has 2 aromatic rings. The second kappa shape index (κ2) is 9.27. The number of ether oxygens (including phenoxy) is 3. The van der Waals surface area contributed by atoms with Crippen LogP contribution in [0.4, 0.5) is 0 Å². The van der Waals surface area contributed by atoms with Crippen LogP contribution in [0.2, 0.25) is 0 Å². The molecule has 0 saturated carbocycles. The van der Waals surface area contributed by atoms with E-state index in [1.165, 1.54) is 18.4 Å². The van der Waals surface area contributed by atoms with Gasteiger partial charge in [0.15, 0.2) is 11.5 Å². The first-order valence-corrected chi connectivity index (χ1v) is 10.2. The molecule has 0 N–H and O–H groups in total. The molecule has 8 heteroatoms. The van der Waals surface area contributed by atoms with Gasteiger partial charge < -0.3 is 14.2 Å². The van der Waals surface area contributed by atoms with Gasteiger partial charge in [0.1, 0.15) is 0 Å². The Morgan fingerprint density at radius 3 is 2.11 bits per heavy atom. The maximum Gasteiger partial charge on any atom is 0.242 e. The van der Waals surface area contributed by atoms with Crippen molar-refractivity contribution < 1.29 is 22.6 Å². The fourth-order valence-corrected chi connectivity index (χ4v) is 3.93. The van der Waals surface area contributed by atoms with E-state index in [0.717, 1.165) is 11.1 Å². The molecule has 0 atom stereocenters. The van der Waals surface area contributed by atoms with Crippen molar-refractivity contribution in [1.29, 1.82) is 0 Å². The third-order valence-corrected chi connectivity index (χ3v) is 6.17. The predicted molar refractivity (Wildman–Crippen MR) is 109 cm³/mol. The predicted octanol–water partition coefficient (Wildman–Crippen LogP) is 2.59. The molecule has 28 heavy (non-hydrogen) atoms. The molecule has 0 bridgehead atoms. The van der Waals surface area contributed by atoms with Gasteiger partial charge in [-0.15, -0.1) is 0 Å². The topological polar surface area (TPSA) is 68.3 Å². The van der Waals surface area contributed by atoms with Gasteiger partial charge in [-0.25, -0.2) is 12.7 Å². The molecule has 0 aliphatic carbocycles. The van der Waals surface area contributed by atoms with Gasteiger partial charge in [0, 0.05) is 32.7 Å². The van der Waals surface area contributed by atoms with Crippen molar-refractivity contribution in [1.82, 2.24) is 9.21 Å². The Labute approximate surface area is 167 Å². The summed E-state index contributed by atoms with van der Waals surface area (Å²) >= 11 is 0. The SMILES string of the molecule is COc1ccc(CN(C)Cc2cccc(S(=O)(=O)N(C)C)c2)c(OC)c1OC. The highest BCUT2D eigenvalue weighted by atomic mass is 32.2. The first-order chi connectivity index (χ1) is 13.2. The van der Waals surface area contributed by atoms with Crippen LogP contribution in [0.5, 0.6) is 17.2 Å². The van der Waals surface area contributed by atoms with E-state index >= 15 is 0 Å². The van der Waals surface area contributed by atoms with Gasteiger partial charge in [0.25, 0.3) is 0 Å². The summed E-state index contributed by atoms with van der Waals surface area (Å²) in [6, 6.07) is 10.8. The van der Waals surface area contributed by atoms with Gasteiger partial charge in [-0.05, 0) is 30.8 Å². The standard InChI is InChI=1S/C20H28N2O5S/c1-21(2)28(23,24)17-9-7-8-15(12-17)13-22(3)14-16-10-11-18(25-4)20(27-6)19(16)26-5/h7-12H,13-14H2,1-6H3. The molecule has 7 nitrogen and oxygen atoms in total. The fraction of sp³-hybridized carbons (Fsp3) is 0.400. The zero-order chi connectivity index (χ0) is 20.9. The number of rotatable bonds is 9. The highest BCUT2D eigenvalue weighted by molar-refractivity contribution is 7.89. The summed E-state index contributed by atoms with van der Waals surface area (Å²) in [6.07, 6.45) is 0. The quantitative estimate of drug-likeness (QED) is 0.635. The lowest BCUT2D eigenvalue weighted by Crippen LogP contribution is -2.23. The molecule has 0 fully saturated rings. The maximum absolute atomic E-state index is 12.3. The van der Waals surface area contributed by atoms with Crippen LogP contribution in [-0.4, -0.2) is 60.1 Å². The van der Waals surface area contributed by atoms with E-state index < -0.39 is 10.0 Å². The molecular formula is C20H28N2O5S. The summed E-state index contributed by atoms with van der Waals surface area (Å²) in [4.78, 5) is 2.36. The lowest BCUT2D eigenvalue weighted by molar-refractivity contribution is 0.296. The second-order valence-electron chi connectivity index (χ2n) is 6.60. The van der Waals surface area contributed by atoms with Gasteiger partial charge in [0.05, 0.1) is 26.2 Å². The third kappa shape index (κ3) is 4.76. The lowest BCUT2D eigenvalue weighted by Gasteiger charge is -2.21. The number of hydrogen-bond donors (Lipinski definition) is 0. The Kier molecular flexibility index (Phi) is 7.29. The van der Waals surface area contributed by atoms with E-state index in [4.69, 9.17) is 14.2 Å². The molecule has 0 radical (unpaired) electrons. The van der Waals surface area contributed by atoms with Crippen LogP contribution in [0.3, 0.4) is 0 Å². The van der Waals surface area contributed by atoms with E-state index in [-0.39, 0.29) is 4.90 Å². The third-order valence-electron chi connectivity index (χ3n) is 4.36. The normalized spacial score (nSPS) is 11.7. The summed E-state index contributed by atoms with van der Waals surface area (Å²) in [5.41, 5.74) is 1.85. The minimum absolute atomic E-state index is 0.284. The molecule has 2 aromatic carbocycles. The molecule has 0 amide bonds. The van der Waals surface area contributed by atoms with Crippen molar-refractivity contribution in [3.63, 3.8) is 0 Å². The molecular weight excluding hydrogens is 380 g/mol. The van der Waals surface area contributed by atoms with Crippen LogP contribution in [0.1, 0.15) is 11.1 Å². The number of sulfonamides is 1. The van der Waals surface area contributed by atoms with Crippen molar-refractivity contribution in [2.75, 3.05) is 42.5 Å². The zero-order valence-electron chi connectivity index (χ0n) is 17.2. The second-order valence-corrected chi connectivity index (χ2v) is 8.75. The number of nitrogens with zero attached hydrogens (tertiary/aromatic N) is 2. The summed E-state index contributed by atoms with van der Waals surface area (Å²) < 4.78 is 42.2. The lowest BCUT2D eigenvalue weighted by atomic mass is 10.1. The fourth-order valence-electron chi connectivity index (χ4n) is 2.96. The number of benzene rings is 2. The molecule has 0 aliphatic rings. The van der Waals surface area contributed by atoms with Crippen molar-refractivity contribution in [3.8, 4) is 17.2 Å². The Bertz CT molecular complexity index is 913. The zero-order valence-corrected chi connectivity index (χ0v) is 18.0. The highest BCUT2D eigenvalue weighted by Crippen LogP contribution is 2.40. The minimum atomic E-state index is -3.46. The Hall–Kier alpha value is -2.29. The summed E-state index contributed by atoms with van der Waals surface area (Å²) in [5, 5.41) is 0. The van der Waals surface area contributed by atoms with Crippen LogP contribution in [0, 0.1) is 0 Å². The maximum atomic E-state index is 12.3. The van der Waals surface area contributed by atoms with Gasteiger partial charge in [0.2, 0.25) is 15.8 Å². The Balaban J connectivity index is 2.23. The molecule has 0 spiro atoms. The smallest absolute Gasteiger partial charge is 0.242 e. The van der Waals surface area contributed by atoms with Crippen LogP contribution in [0.15, 0.2) is 41.3 Å². The monoisotopic (exact) mass is 408 g/mol. The van der Waals surface area contributed by atoms with E-state index in [0.29, 0.717) is 30.3 Å². The minimum Gasteiger partial charge on any atom is -0.493 e. The van der Waals surface area contributed by atoms with Gasteiger partial charge in [-0.2, -0.15) is 0 Å². The first kappa shape index (κ1) is 22.0. The van der Waals surface area contributed by atoms with Crippen LogP contribution in [-0.2, 0) is 23.1 Å². The summed E-state index contributed by atoms with van der Waals surface area (Å²) in [5.74, 6) is 1.78. The van der Waals surface area contributed by atoms with Gasteiger partial charge in [-0.3, -0.25) is 4.90 Å². The van der Waals surface area contributed by atoms with Crippen molar-refractivity contribution in [2.24, 2.45) is 0 Å². The van der Waals surface area contributed by atoms with E-state index in [1.807, 2.05) is 25.2 Å². The molecule has 0 saturated heterocycles.